The second-order valence-electron chi connectivity index (χ2n) is 10.4. The van der Waals surface area contributed by atoms with Crippen LogP contribution in [0.25, 0.3) is 0 Å². The third-order valence-electron chi connectivity index (χ3n) is 7.39. The van der Waals surface area contributed by atoms with E-state index < -0.39 is 12.1 Å². The van der Waals surface area contributed by atoms with E-state index in [4.69, 9.17) is 18.9 Å². The molecule has 0 aliphatic carbocycles. The van der Waals surface area contributed by atoms with E-state index in [2.05, 4.69) is 16.8 Å². The second kappa shape index (κ2) is 12.4. The van der Waals surface area contributed by atoms with Gasteiger partial charge in [0.25, 0.3) is 11.8 Å². The number of nitrogens with zero attached hydrogens (tertiary/aromatic N) is 3. The van der Waals surface area contributed by atoms with E-state index in [1.165, 1.54) is 0 Å². The molecule has 3 atom stereocenters. The quantitative estimate of drug-likeness (QED) is 0.449. The summed E-state index contributed by atoms with van der Waals surface area (Å²) >= 11 is 0. The van der Waals surface area contributed by atoms with Crippen molar-refractivity contribution in [3.8, 4) is 35.0 Å². The Labute approximate surface area is 244 Å². The molecule has 0 fully saturated rings. The van der Waals surface area contributed by atoms with Crippen LogP contribution in [-0.2, 0) is 0 Å². The first kappa shape index (κ1) is 28.8. The molecular weight excluding hydrogens is 538 g/mol. The molecule has 2 aromatic carbocycles. The largest absolute Gasteiger partial charge is 0.495 e. The minimum Gasteiger partial charge on any atom is -0.495 e. The molecule has 0 spiro atoms. The molecule has 0 bridgehead atoms. The molecule has 42 heavy (non-hydrogen) atoms. The lowest BCUT2D eigenvalue weighted by Crippen LogP contribution is -2.50. The van der Waals surface area contributed by atoms with Gasteiger partial charge in [-0.15, -0.1) is 0 Å². The number of para-hydroxylation sites is 1. The third kappa shape index (κ3) is 5.97. The molecule has 3 aromatic rings. The number of likely N-dealkylation sites (N-methyl/N-ethyl adjacent to an activating group) is 1. The van der Waals surface area contributed by atoms with Crippen LogP contribution in [0.1, 0.15) is 45.7 Å². The summed E-state index contributed by atoms with van der Waals surface area (Å²) in [5.74, 6) is 7.36. The van der Waals surface area contributed by atoms with Gasteiger partial charge in [-0.25, -0.2) is 4.98 Å². The summed E-state index contributed by atoms with van der Waals surface area (Å²) in [6.07, 6.45) is 1.06. The van der Waals surface area contributed by atoms with Crippen molar-refractivity contribution in [2.24, 2.45) is 5.92 Å². The minimum atomic E-state index is -0.494. The molecule has 10 nitrogen and oxygen atoms in total. The van der Waals surface area contributed by atoms with Gasteiger partial charge in [0.05, 0.1) is 31.9 Å². The third-order valence-corrected chi connectivity index (χ3v) is 7.39. The second-order valence-corrected chi connectivity index (χ2v) is 10.4. The van der Waals surface area contributed by atoms with Crippen LogP contribution in [0.4, 0.5) is 0 Å². The van der Waals surface area contributed by atoms with Gasteiger partial charge in [0, 0.05) is 36.8 Å². The molecule has 2 amide bonds. The van der Waals surface area contributed by atoms with Gasteiger partial charge in [-0.3, -0.25) is 9.59 Å². The van der Waals surface area contributed by atoms with E-state index in [0.717, 1.165) is 0 Å². The molecule has 0 saturated carbocycles. The number of aromatic nitrogens is 1. The topological polar surface area (TPSA) is 111 Å². The Morgan fingerprint density at radius 1 is 1.19 bits per heavy atom. The molecule has 5 rings (SSSR count). The molecule has 1 aromatic heterocycles. The molecule has 0 unspecified atom stereocenters. The lowest BCUT2D eigenvalue weighted by atomic mass is 9.99. The van der Waals surface area contributed by atoms with Crippen molar-refractivity contribution in [2.45, 2.75) is 26.0 Å². The number of hydrogen-bond acceptors (Lipinski definition) is 8. The van der Waals surface area contributed by atoms with Crippen LogP contribution in [0.5, 0.6) is 23.1 Å². The van der Waals surface area contributed by atoms with Gasteiger partial charge < -0.3 is 33.9 Å². The monoisotopic (exact) mass is 571 g/mol. The highest BCUT2D eigenvalue weighted by atomic mass is 16.7. The van der Waals surface area contributed by atoms with Gasteiger partial charge in [0.2, 0.25) is 12.7 Å². The van der Waals surface area contributed by atoms with Crippen molar-refractivity contribution in [3.05, 3.63) is 77.0 Å². The number of benzene rings is 2. The number of methoxy groups -OCH3 is 1. The lowest BCUT2D eigenvalue weighted by molar-refractivity contribution is 0.0313. The maximum absolute atomic E-state index is 13.7. The highest BCUT2D eigenvalue weighted by Gasteiger charge is 2.35. The number of pyridine rings is 1. The predicted octanol–water partition coefficient (Wildman–Crippen LogP) is 3.21. The lowest BCUT2D eigenvalue weighted by Gasteiger charge is -2.37. The Bertz CT molecular complexity index is 1550. The molecule has 2 aliphatic rings. The summed E-state index contributed by atoms with van der Waals surface area (Å²) in [6.45, 7) is 4.20. The SMILES string of the molecule is COc1ccccc1C#Cc1cnc2c(c1)C(=O)N([C@@H](C)CO)C[C@H](C)[C@@H](CN(C)C(=O)c1ccc3c(c1)OCO3)O2. The number of carbonyl (C=O) groups excluding carboxylic acids is 2. The Morgan fingerprint density at radius 2 is 1.98 bits per heavy atom. The average molecular weight is 572 g/mol. The number of amides is 2. The molecule has 0 radical (unpaired) electrons. The smallest absolute Gasteiger partial charge is 0.259 e. The Kier molecular flexibility index (Phi) is 8.50. The van der Waals surface area contributed by atoms with Crippen LogP contribution in [-0.4, -0.2) is 84.5 Å². The fourth-order valence-electron chi connectivity index (χ4n) is 4.88. The van der Waals surface area contributed by atoms with E-state index in [1.807, 2.05) is 31.2 Å². The number of hydrogen-bond donors (Lipinski definition) is 1. The zero-order valence-electron chi connectivity index (χ0n) is 24.0. The molecule has 218 valence electrons. The van der Waals surface area contributed by atoms with Crippen molar-refractivity contribution in [2.75, 3.05) is 40.6 Å². The fourth-order valence-corrected chi connectivity index (χ4v) is 4.88. The Hall–Kier alpha value is -4.75. The van der Waals surface area contributed by atoms with Crippen molar-refractivity contribution in [3.63, 3.8) is 0 Å². The van der Waals surface area contributed by atoms with Crippen molar-refractivity contribution >= 4 is 11.8 Å². The Morgan fingerprint density at radius 3 is 2.76 bits per heavy atom. The summed E-state index contributed by atoms with van der Waals surface area (Å²) in [7, 11) is 3.28. The van der Waals surface area contributed by atoms with Gasteiger partial charge in [0.15, 0.2) is 11.5 Å². The van der Waals surface area contributed by atoms with Crippen molar-refractivity contribution in [1.82, 2.24) is 14.8 Å². The molecule has 0 saturated heterocycles. The summed E-state index contributed by atoms with van der Waals surface area (Å²) in [6, 6.07) is 13.7. The summed E-state index contributed by atoms with van der Waals surface area (Å²) in [5, 5.41) is 9.95. The number of rotatable bonds is 6. The van der Waals surface area contributed by atoms with Gasteiger partial charge in [-0.1, -0.05) is 30.9 Å². The highest BCUT2D eigenvalue weighted by molar-refractivity contribution is 5.97. The molecular formula is C32H33N3O7. The summed E-state index contributed by atoms with van der Waals surface area (Å²) in [4.78, 5) is 34.7. The number of aliphatic hydroxyl groups excluding tert-OH is 1. The van der Waals surface area contributed by atoms with Crippen molar-refractivity contribution < 1.29 is 33.6 Å². The fraction of sp³-hybridized carbons (Fsp3) is 0.344. The number of carbonyl (C=O) groups is 2. The molecule has 2 aliphatic heterocycles. The molecule has 3 heterocycles. The maximum Gasteiger partial charge on any atom is 0.259 e. The van der Waals surface area contributed by atoms with Crippen LogP contribution in [0.15, 0.2) is 54.7 Å². The van der Waals surface area contributed by atoms with Crippen LogP contribution in [0, 0.1) is 17.8 Å². The Balaban J connectivity index is 1.43. The standard InChI is InChI=1S/C32H33N3O7/c1-20-16-35(21(2)18-36)32(38)25-13-22(9-10-23-7-5-6-8-26(23)39-4)15-33-30(25)42-29(20)17-34(3)31(37)24-11-12-27-28(14-24)41-19-40-27/h5-8,11-15,20-21,29,36H,16-19H2,1-4H3/t20-,21-,29+/m0/s1. The normalized spacial score (nSPS) is 18.0. The zero-order valence-corrected chi connectivity index (χ0v) is 24.0. The molecule has 1 N–H and O–H groups in total. The first-order chi connectivity index (χ1) is 20.3. The van der Waals surface area contributed by atoms with Crippen molar-refractivity contribution in [1.29, 1.82) is 0 Å². The van der Waals surface area contributed by atoms with E-state index in [-0.39, 0.29) is 49.1 Å². The van der Waals surface area contributed by atoms with E-state index in [9.17, 15) is 14.7 Å². The summed E-state index contributed by atoms with van der Waals surface area (Å²) < 4.78 is 22.5. The van der Waals surface area contributed by atoms with E-state index >= 15 is 0 Å². The van der Waals surface area contributed by atoms with E-state index in [0.29, 0.717) is 40.5 Å². The van der Waals surface area contributed by atoms with Gasteiger partial charge in [-0.2, -0.15) is 0 Å². The first-order valence-electron chi connectivity index (χ1n) is 13.7. The van der Waals surface area contributed by atoms with Gasteiger partial charge in [-0.05, 0) is 43.3 Å². The molecule has 10 heteroatoms. The van der Waals surface area contributed by atoms with Gasteiger partial charge >= 0.3 is 0 Å². The average Bonchev–Trinajstić information content (AvgIpc) is 3.49. The summed E-state index contributed by atoms with van der Waals surface area (Å²) in [5.41, 5.74) is 1.92. The van der Waals surface area contributed by atoms with Crippen LogP contribution in [0.2, 0.25) is 0 Å². The van der Waals surface area contributed by atoms with E-state index in [1.54, 1.807) is 61.3 Å². The number of aliphatic hydroxyl groups is 1. The highest BCUT2D eigenvalue weighted by Crippen LogP contribution is 2.33. The van der Waals surface area contributed by atoms with Crippen LogP contribution in [0.3, 0.4) is 0 Å². The minimum absolute atomic E-state index is 0.123. The van der Waals surface area contributed by atoms with Crippen LogP contribution >= 0.6 is 0 Å². The predicted molar refractivity (Wildman–Crippen MR) is 154 cm³/mol. The van der Waals surface area contributed by atoms with Gasteiger partial charge in [0.1, 0.15) is 17.4 Å². The van der Waals surface area contributed by atoms with Crippen LogP contribution < -0.4 is 18.9 Å². The number of fused-ring (bicyclic) bond motifs is 2. The zero-order chi connectivity index (χ0) is 29.8. The first-order valence-corrected chi connectivity index (χ1v) is 13.7. The number of ether oxygens (including phenoxy) is 4. The maximum atomic E-state index is 13.7.